The zero-order valence-corrected chi connectivity index (χ0v) is 11.2. The van der Waals surface area contributed by atoms with Gasteiger partial charge in [-0.3, -0.25) is 0 Å². The van der Waals surface area contributed by atoms with Gasteiger partial charge in [-0.1, -0.05) is 35.9 Å². The Hall–Kier alpha value is -0.900. The van der Waals surface area contributed by atoms with Crippen molar-refractivity contribution < 1.29 is 0 Å². The van der Waals surface area contributed by atoms with Gasteiger partial charge in [0.2, 0.25) is 0 Å². The Balaban J connectivity index is 0. The highest BCUT2D eigenvalue weighted by Gasteiger charge is 1.83. The van der Waals surface area contributed by atoms with E-state index >= 15 is 0 Å². The second-order valence-corrected chi connectivity index (χ2v) is 3.76. The standard InChI is InChI=1S/C6H11Br.C3H5N3.C2H4/c1-3-4-5-6(2)7;1-6-4-2-3-5-6;1-2/h2-5H2,1H3;2-3H,1H3;1-2H2. The van der Waals surface area contributed by atoms with Crippen molar-refractivity contribution >= 4 is 15.9 Å². The lowest BCUT2D eigenvalue weighted by atomic mass is 10.2. The van der Waals surface area contributed by atoms with Crippen molar-refractivity contribution in [2.75, 3.05) is 0 Å². The second-order valence-electron chi connectivity index (χ2n) is 2.64. The SMILES string of the molecule is C=C.C=C(Br)CCCC.Cn1nccn1. The lowest BCUT2D eigenvalue weighted by Gasteiger charge is -1.89. The molecule has 1 heterocycles. The van der Waals surface area contributed by atoms with E-state index in [1.165, 1.54) is 17.6 Å². The molecule has 0 aliphatic heterocycles. The van der Waals surface area contributed by atoms with Crippen LogP contribution < -0.4 is 0 Å². The van der Waals surface area contributed by atoms with Crippen LogP contribution in [0.3, 0.4) is 0 Å². The minimum atomic E-state index is 1.12. The number of aromatic nitrogens is 3. The van der Waals surface area contributed by atoms with Crippen LogP contribution in [0.15, 0.2) is 36.6 Å². The van der Waals surface area contributed by atoms with Crippen molar-refractivity contribution in [1.82, 2.24) is 15.0 Å². The molecule has 0 saturated carbocycles. The van der Waals surface area contributed by atoms with Crippen LogP contribution in [0.25, 0.3) is 0 Å². The number of allylic oxidation sites excluding steroid dienone is 1. The molecule has 0 aliphatic rings. The lowest BCUT2D eigenvalue weighted by molar-refractivity contribution is 0.654. The molecular weight excluding hydrogens is 254 g/mol. The van der Waals surface area contributed by atoms with Crippen molar-refractivity contribution in [3.05, 3.63) is 36.6 Å². The zero-order valence-electron chi connectivity index (χ0n) is 9.62. The molecule has 1 rings (SSSR count). The van der Waals surface area contributed by atoms with Crippen LogP contribution in [-0.2, 0) is 7.05 Å². The number of hydrogen-bond donors (Lipinski definition) is 0. The summed E-state index contributed by atoms with van der Waals surface area (Å²) >= 11 is 3.28. The molecule has 86 valence electrons. The third-order valence-electron chi connectivity index (χ3n) is 1.34. The Morgan fingerprint density at radius 2 is 1.80 bits per heavy atom. The van der Waals surface area contributed by atoms with Crippen LogP contribution in [-0.4, -0.2) is 15.0 Å². The van der Waals surface area contributed by atoms with Gasteiger partial charge >= 0.3 is 0 Å². The molecule has 1 aromatic heterocycles. The summed E-state index contributed by atoms with van der Waals surface area (Å²) in [5.74, 6) is 0. The van der Waals surface area contributed by atoms with Gasteiger partial charge in [0.1, 0.15) is 0 Å². The molecule has 0 unspecified atom stereocenters. The van der Waals surface area contributed by atoms with E-state index in [0.717, 1.165) is 10.9 Å². The normalized spacial score (nSPS) is 7.93. The van der Waals surface area contributed by atoms with E-state index in [1.807, 2.05) is 0 Å². The first-order chi connectivity index (χ1) is 7.16. The molecule has 4 heteroatoms. The number of rotatable bonds is 3. The van der Waals surface area contributed by atoms with Gasteiger partial charge in [0.15, 0.2) is 0 Å². The predicted octanol–water partition coefficient (Wildman–Crippen LogP) is 3.70. The first kappa shape index (κ1) is 16.5. The Bertz CT molecular complexity index is 232. The number of aryl methyl sites for hydroxylation is 1. The Morgan fingerprint density at radius 3 is 1.93 bits per heavy atom. The molecule has 0 aromatic carbocycles. The number of halogens is 1. The van der Waals surface area contributed by atoms with E-state index < -0.39 is 0 Å². The largest absolute Gasteiger partial charge is 0.188 e. The highest BCUT2D eigenvalue weighted by molar-refractivity contribution is 9.11. The van der Waals surface area contributed by atoms with Crippen molar-refractivity contribution in [3.8, 4) is 0 Å². The van der Waals surface area contributed by atoms with Gasteiger partial charge in [-0.25, -0.2) is 0 Å². The van der Waals surface area contributed by atoms with E-state index in [0.29, 0.717) is 0 Å². The summed E-state index contributed by atoms with van der Waals surface area (Å²) in [6, 6.07) is 0. The predicted molar refractivity (Wildman–Crippen MR) is 69.8 cm³/mol. The van der Waals surface area contributed by atoms with Gasteiger partial charge in [0.05, 0.1) is 12.4 Å². The molecule has 0 amide bonds. The fourth-order valence-electron chi connectivity index (χ4n) is 0.651. The highest BCUT2D eigenvalue weighted by Crippen LogP contribution is 2.09. The molecular formula is C11H20BrN3. The van der Waals surface area contributed by atoms with Gasteiger partial charge in [-0.2, -0.15) is 15.0 Å². The van der Waals surface area contributed by atoms with Crippen LogP contribution >= 0.6 is 15.9 Å². The molecule has 3 nitrogen and oxygen atoms in total. The van der Waals surface area contributed by atoms with Crippen LogP contribution in [0.5, 0.6) is 0 Å². The van der Waals surface area contributed by atoms with Gasteiger partial charge in [-0.15, -0.1) is 13.2 Å². The number of unbranched alkanes of at least 4 members (excludes halogenated alkanes) is 1. The van der Waals surface area contributed by atoms with Gasteiger partial charge in [0.25, 0.3) is 0 Å². The molecule has 0 N–H and O–H groups in total. The monoisotopic (exact) mass is 273 g/mol. The smallest absolute Gasteiger partial charge is 0.0692 e. The van der Waals surface area contributed by atoms with Gasteiger partial charge in [0, 0.05) is 7.05 Å². The van der Waals surface area contributed by atoms with Crippen LogP contribution in [0.4, 0.5) is 0 Å². The van der Waals surface area contributed by atoms with Crippen molar-refractivity contribution in [2.24, 2.45) is 7.05 Å². The molecule has 0 spiro atoms. The minimum Gasteiger partial charge on any atom is -0.188 e. The average Bonchev–Trinajstić information content (AvgIpc) is 2.70. The highest BCUT2D eigenvalue weighted by atomic mass is 79.9. The maximum absolute atomic E-state index is 3.72. The summed E-state index contributed by atoms with van der Waals surface area (Å²) in [6.45, 7) is 11.9. The van der Waals surface area contributed by atoms with Crippen molar-refractivity contribution in [2.45, 2.75) is 26.2 Å². The first-order valence-electron chi connectivity index (χ1n) is 4.80. The van der Waals surface area contributed by atoms with Gasteiger partial charge < -0.3 is 0 Å². The van der Waals surface area contributed by atoms with Crippen molar-refractivity contribution in [1.29, 1.82) is 0 Å². The van der Waals surface area contributed by atoms with E-state index in [2.05, 4.69) is 52.8 Å². The average molecular weight is 274 g/mol. The number of nitrogens with zero attached hydrogens (tertiary/aromatic N) is 3. The second kappa shape index (κ2) is 13.1. The summed E-state index contributed by atoms with van der Waals surface area (Å²) in [5, 5.41) is 7.44. The van der Waals surface area contributed by atoms with Crippen LogP contribution in [0.1, 0.15) is 26.2 Å². The van der Waals surface area contributed by atoms with E-state index in [-0.39, 0.29) is 0 Å². The molecule has 0 aliphatic carbocycles. The van der Waals surface area contributed by atoms with E-state index in [9.17, 15) is 0 Å². The van der Waals surface area contributed by atoms with Crippen LogP contribution in [0, 0.1) is 0 Å². The minimum absolute atomic E-state index is 1.12. The summed E-state index contributed by atoms with van der Waals surface area (Å²) in [4.78, 5) is 1.50. The first-order valence-corrected chi connectivity index (χ1v) is 5.59. The van der Waals surface area contributed by atoms with Crippen molar-refractivity contribution in [3.63, 3.8) is 0 Å². The Morgan fingerprint density at radius 1 is 1.33 bits per heavy atom. The quantitative estimate of drug-likeness (QED) is 0.787. The summed E-state index contributed by atoms with van der Waals surface area (Å²) < 4.78 is 1.12. The molecule has 1 aromatic rings. The van der Waals surface area contributed by atoms with E-state index in [4.69, 9.17) is 0 Å². The molecule has 0 fully saturated rings. The molecule has 0 radical (unpaired) electrons. The summed E-state index contributed by atoms with van der Waals surface area (Å²) in [6.07, 6.45) is 6.91. The fraction of sp³-hybridized carbons (Fsp3) is 0.455. The van der Waals surface area contributed by atoms with Gasteiger partial charge in [-0.05, 0) is 17.3 Å². The molecule has 0 atom stereocenters. The maximum atomic E-state index is 3.72. The summed E-state index contributed by atoms with van der Waals surface area (Å²) in [7, 11) is 1.78. The van der Waals surface area contributed by atoms with Crippen LogP contribution in [0.2, 0.25) is 0 Å². The lowest BCUT2D eigenvalue weighted by Crippen LogP contribution is -1.89. The fourth-order valence-corrected chi connectivity index (χ4v) is 0.931. The Labute approximate surface area is 101 Å². The molecule has 15 heavy (non-hydrogen) atoms. The zero-order chi connectivity index (χ0) is 12.1. The Kier molecular flexibility index (Phi) is 14.4. The summed E-state index contributed by atoms with van der Waals surface area (Å²) in [5.41, 5.74) is 0. The molecule has 0 bridgehead atoms. The topological polar surface area (TPSA) is 30.7 Å². The third-order valence-corrected chi connectivity index (χ3v) is 1.73. The number of hydrogen-bond acceptors (Lipinski definition) is 2. The maximum Gasteiger partial charge on any atom is 0.0692 e. The molecule has 0 saturated heterocycles. The third kappa shape index (κ3) is 15.8. The van der Waals surface area contributed by atoms with E-state index in [1.54, 1.807) is 19.4 Å².